The summed E-state index contributed by atoms with van der Waals surface area (Å²) in [6, 6.07) is 4.10. The molecule has 2 aromatic rings. The summed E-state index contributed by atoms with van der Waals surface area (Å²) in [4.78, 5) is 0. The minimum atomic E-state index is -0.492. The van der Waals surface area contributed by atoms with Crippen LogP contribution in [0.4, 0.5) is 10.1 Å². The van der Waals surface area contributed by atoms with Gasteiger partial charge in [0.15, 0.2) is 0 Å². The molecule has 4 nitrogen and oxygen atoms in total. The molecule has 0 aliphatic rings. The molecule has 2 N–H and O–H groups in total. The van der Waals surface area contributed by atoms with Crippen molar-refractivity contribution in [2.24, 2.45) is 7.05 Å². The molecule has 0 bridgehead atoms. The SMILES string of the molecule is Cc1nn(C)c(Oc2ccc(F)c(Cl)c2)c1N. The second kappa shape index (κ2) is 4.25. The van der Waals surface area contributed by atoms with Crippen molar-refractivity contribution in [3.05, 3.63) is 34.7 Å². The van der Waals surface area contributed by atoms with Crippen LogP contribution >= 0.6 is 11.6 Å². The molecular weight excluding hydrogens is 245 g/mol. The number of nitrogens with two attached hydrogens (primary N) is 1. The Labute approximate surface area is 103 Å². The summed E-state index contributed by atoms with van der Waals surface area (Å²) in [6.07, 6.45) is 0. The predicted molar refractivity (Wildman–Crippen MR) is 63.8 cm³/mol. The fourth-order valence-electron chi connectivity index (χ4n) is 1.43. The van der Waals surface area contributed by atoms with Gasteiger partial charge in [0.25, 0.3) is 0 Å². The summed E-state index contributed by atoms with van der Waals surface area (Å²) < 4.78 is 20.0. The lowest BCUT2D eigenvalue weighted by Crippen LogP contribution is -1.97. The highest BCUT2D eigenvalue weighted by Crippen LogP contribution is 2.30. The molecule has 2 rings (SSSR count). The van der Waals surface area contributed by atoms with Gasteiger partial charge in [-0.05, 0) is 19.1 Å². The third-order valence-electron chi connectivity index (χ3n) is 2.32. The first-order valence-corrected chi connectivity index (χ1v) is 5.29. The smallest absolute Gasteiger partial charge is 0.241 e. The molecule has 0 aliphatic carbocycles. The maximum absolute atomic E-state index is 13.0. The second-order valence-electron chi connectivity index (χ2n) is 3.61. The zero-order chi connectivity index (χ0) is 12.6. The standard InChI is InChI=1S/C11H11ClFN3O/c1-6-10(14)11(16(2)15-6)17-7-3-4-9(13)8(12)5-7/h3-5H,14H2,1-2H3. The van der Waals surface area contributed by atoms with Crippen LogP contribution in [0.1, 0.15) is 5.69 Å². The predicted octanol–water partition coefficient (Wildman–Crippen LogP) is 2.90. The van der Waals surface area contributed by atoms with Gasteiger partial charge in [-0.25, -0.2) is 9.07 Å². The molecule has 1 heterocycles. The lowest BCUT2D eigenvalue weighted by atomic mass is 10.3. The van der Waals surface area contributed by atoms with E-state index in [1.807, 2.05) is 0 Å². The number of benzene rings is 1. The summed E-state index contributed by atoms with van der Waals surface area (Å²) in [6.45, 7) is 1.78. The third kappa shape index (κ3) is 2.19. The van der Waals surface area contributed by atoms with E-state index < -0.39 is 5.82 Å². The summed E-state index contributed by atoms with van der Waals surface area (Å²) in [5.41, 5.74) is 6.93. The van der Waals surface area contributed by atoms with Crippen LogP contribution in [-0.4, -0.2) is 9.78 Å². The van der Waals surface area contributed by atoms with Crippen molar-refractivity contribution in [3.8, 4) is 11.6 Å². The number of hydrogen-bond acceptors (Lipinski definition) is 3. The van der Waals surface area contributed by atoms with E-state index in [0.717, 1.165) is 0 Å². The number of hydrogen-bond donors (Lipinski definition) is 1. The average Bonchev–Trinajstić information content (AvgIpc) is 2.50. The maximum atomic E-state index is 13.0. The van der Waals surface area contributed by atoms with E-state index in [9.17, 15) is 4.39 Å². The number of rotatable bonds is 2. The van der Waals surface area contributed by atoms with Gasteiger partial charge in [-0.1, -0.05) is 11.6 Å². The molecular formula is C11H11ClFN3O. The summed E-state index contributed by atoms with van der Waals surface area (Å²) in [7, 11) is 1.71. The highest BCUT2D eigenvalue weighted by atomic mass is 35.5. The number of nitrogens with zero attached hydrogens (tertiary/aromatic N) is 2. The van der Waals surface area contributed by atoms with Crippen LogP contribution in [0.3, 0.4) is 0 Å². The van der Waals surface area contributed by atoms with Gasteiger partial charge >= 0.3 is 0 Å². The lowest BCUT2D eigenvalue weighted by molar-refractivity contribution is 0.431. The summed E-state index contributed by atoms with van der Waals surface area (Å²) >= 11 is 5.66. The number of anilines is 1. The highest BCUT2D eigenvalue weighted by molar-refractivity contribution is 6.30. The van der Waals surface area contributed by atoms with Crippen molar-refractivity contribution in [1.29, 1.82) is 0 Å². The van der Waals surface area contributed by atoms with Crippen molar-refractivity contribution in [3.63, 3.8) is 0 Å². The van der Waals surface area contributed by atoms with E-state index in [2.05, 4.69) is 5.10 Å². The van der Waals surface area contributed by atoms with E-state index in [1.54, 1.807) is 14.0 Å². The Bertz CT molecular complexity index is 568. The molecule has 0 fully saturated rings. The van der Waals surface area contributed by atoms with Gasteiger partial charge in [0, 0.05) is 13.1 Å². The molecule has 0 spiro atoms. The number of ether oxygens (including phenoxy) is 1. The van der Waals surface area contributed by atoms with Gasteiger partial charge in [-0.2, -0.15) is 5.10 Å². The normalized spacial score (nSPS) is 10.6. The van der Waals surface area contributed by atoms with Gasteiger partial charge in [0.05, 0.1) is 10.7 Å². The average molecular weight is 256 g/mol. The Kier molecular flexibility index (Phi) is 2.93. The van der Waals surface area contributed by atoms with Crippen molar-refractivity contribution >= 4 is 17.3 Å². The summed E-state index contributed by atoms with van der Waals surface area (Å²) in [5.74, 6) is 0.324. The zero-order valence-corrected chi connectivity index (χ0v) is 10.1. The van der Waals surface area contributed by atoms with Gasteiger partial charge in [-0.15, -0.1) is 0 Å². The Morgan fingerprint density at radius 3 is 2.71 bits per heavy atom. The topological polar surface area (TPSA) is 53.1 Å². The second-order valence-corrected chi connectivity index (χ2v) is 4.01. The summed E-state index contributed by atoms with van der Waals surface area (Å²) in [5, 5.41) is 4.11. The number of aromatic nitrogens is 2. The largest absolute Gasteiger partial charge is 0.437 e. The zero-order valence-electron chi connectivity index (χ0n) is 9.37. The first kappa shape index (κ1) is 11.7. The number of halogens is 2. The van der Waals surface area contributed by atoms with Crippen molar-refractivity contribution in [2.75, 3.05) is 5.73 Å². The quantitative estimate of drug-likeness (QED) is 0.898. The van der Waals surface area contributed by atoms with Gasteiger partial charge in [0.2, 0.25) is 5.88 Å². The molecule has 17 heavy (non-hydrogen) atoms. The Hall–Kier alpha value is -1.75. The molecule has 1 aromatic heterocycles. The van der Waals surface area contributed by atoms with Crippen molar-refractivity contribution in [2.45, 2.75) is 6.92 Å². The van der Waals surface area contributed by atoms with Crippen LogP contribution in [0.15, 0.2) is 18.2 Å². The molecule has 0 atom stereocenters. The van der Waals surface area contributed by atoms with Gasteiger partial charge in [-0.3, -0.25) is 0 Å². The molecule has 0 amide bonds. The van der Waals surface area contributed by atoms with Crippen LogP contribution in [0.25, 0.3) is 0 Å². The molecule has 0 aliphatic heterocycles. The fourth-order valence-corrected chi connectivity index (χ4v) is 1.60. The van der Waals surface area contributed by atoms with E-state index in [0.29, 0.717) is 23.0 Å². The van der Waals surface area contributed by atoms with Crippen LogP contribution in [0.5, 0.6) is 11.6 Å². The highest BCUT2D eigenvalue weighted by Gasteiger charge is 2.12. The Morgan fingerprint density at radius 1 is 1.47 bits per heavy atom. The minimum Gasteiger partial charge on any atom is -0.437 e. The Balaban J connectivity index is 2.34. The third-order valence-corrected chi connectivity index (χ3v) is 2.61. The van der Waals surface area contributed by atoms with E-state index in [-0.39, 0.29) is 5.02 Å². The van der Waals surface area contributed by atoms with Gasteiger partial charge < -0.3 is 10.5 Å². The molecule has 0 radical (unpaired) electrons. The van der Waals surface area contributed by atoms with Crippen LogP contribution in [-0.2, 0) is 7.05 Å². The van der Waals surface area contributed by atoms with E-state index in [1.165, 1.54) is 22.9 Å². The molecule has 0 unspecified atom stereocenters. The van der Waals surface area contributed by atoms with E-state index in [4.69, 9.17) is 22.1 Å². The van der Waals surface area contributed by atoms with Crippen LogP contribution in [0.2, 0.25) is 5.02 Å². The molecule has 90 valence electrons. The number of aryl methyl sites for hydroxylation is 2. The Morgan fingerprint density at radius 2 is 2.18 bits per heavy atom. The van der Waals surface area contributed by atoms with Gasteiger partial charge in [0.1, 0.15) is 17.3 Å². The maximum Gasteiger partial charge on any atom is 0.241 e. The van der Waals surface area contributed by atoms with Crippen LogP contribution < -0.4 is 10.5 Å². The van der Waals surface area contributed by atoms with Crippen molar-refractivity contribution in [1.82, 2.24) is 9.78 Å². The minimum absolute atomic E-state index is 0.0000354. The fraction of sp³-hybridized carbons (Fsp3) is 0.182. The lowest BCUT2D eigenvalue weighted by Gasteiger charge is -2.07. The monoisotopic (exact) mass is 255 g/mol. The van der Waals surface area contributed by atoms with E-state index >= 15 is 0 Å². The first-order valence-electron chi connectivity index (χ1n) is 4.91. The number of nitrogen functional groups attached to an aromatic ring is 1. The molecule has 0 saturated heterocycles. The van der Waals surface area contributed by atoms with Crippen LogP contribution in [0, 0.1) is 12.7 Å². The molecule has 6 heteroatoms. The first-order chi connectivity index (χ1) is 7.99. The molecule has 1 aromatic carbocycles. The molecule has 0 saturated carbocycles. The van der Waals surface area contributed by atoms with Crippen molar-refractivity contribution < 1.29 is 9.13 Å².